The zero-order valence-corrected chi connectivity index (χ0v) is 17.8. The maximum absolute atomic E-state index is 12.1. The van der Waals surface area contributed by atoms with Gasteiger partial charge in [-0.1, -0.05) is 13.3 Å². The first-order valence-electron chi connectivity index (χ1n) is 9.78. The van der Waals surface area contributed by atoms with E-state index in [1.165, 1.54) is 0 Å². The largest absolute Gasteiger partial charge is 0.494 e. The van der Waals surface area contributed by atoms with Gasteiger partial charge < -0.3 is 20.1 Å². The SMILES string of the molecule is CCCCOc1ccc(C(=O)NCC(=O)OCC(=O)Nc2c(C)nn(C)c2C)cc1. The molecule has 0 aliphatic heterocycles. The van der Waals surface area contributed by atoms with E-state index in [-0.39, 0.29) is 6.54 Å². The lowest BCUT2D eigenvalue weighted by Gasteiger charge is -2.09. The molecule has 0 saturated heterocycles. The predicted octanol–water partition coefficient (Wildman–Crippen LogP) is 2.13. The Labute approximate surface area is 175 Å². The average Bonchev–Trinajstić information content (AvgIpc) is 2.97. The van der Waals surface area contributed by atoms with Gasteiger partial charge in [0.25, 0.3) is 11.8 Å². The zero-order chi connectivity index (χ0) is 22.1. The van der Waals surface area contributed by atoms with E-state index in [0.29, 0.717) is 29.3 Å². The van der Waals surface area contributed by atoms with E-state index in [0.717, 1.165) is 18.5 Å². The summed E-state index contributed by atoms with van der Waals surface area (Å²) in [5, 5.41) is 9.34. The Kier molecular flexibility index (Phi) is 8.40. The summed E-state index contributed by atoms with van der Waals surface area (Å²) < 4.78 is 12.1. The summed E-state index contributed by atoms with van der Waals surface area (Å²) in [5.74, 6) is -0.923. The number of nitrogens with zero attached hydrogens (tertiary/aromatic N) is 2. The molecule has 0 bridgehead atoms. The molecule has 0 unspecified atom stereocenters. The number of aryl methyl sites for hydroxylation is 2. The number of nitrogens with one attached hydrogen (secondary N) is 2. The van der Waals surface area contributed by atoms with Crippen LogP contribution >= 0.6 is 0 Å². The zero-order valence-electron chi connectivity index (χ0n) is 17.8. The van der Waals surface area contributed by atoms with Crippen molar-refractivity contribution in [1.29, 1.82) is 0 Å². The van der Waals surface area contributed by atoms with Gasteiger partial charge in [-0.15, -0.1) is 0 Å². The third kappa shape index (κ3) is 6.61. The van der Waals surface area contributed by atoms with E-state index in [9.17, 15) is 14.4 Å². The molecule has 0 radical (unpaired) electrons. The summed E-state index contributed by atoms with van der Waals surface area (Å²) in [6.45, 7) is 5.51. The third-order valence-corrected chi connectivity index (χ3v) is 4.41. The van der Waals surface area contributed by atoms with Crippen LogP contribution in [-0.4, -0.2) is 47.3 Å². The first kappa shape index (κ1) is 22.9. The lowest BCUT2D eigenvalue weighted by atomic mass is 10.2. The van der Waals surface area contributed by atoms with Crippen LogP contribution in [0.4, 0.5) is 5.69 Å². The highest BCUT2D eigenvalue weighted by Gasteiger charge is 2.15. The summed E-state index contributed by atoms with van der Waals surface area (Å²) in [5.41, 5.74) is 2.45. The van der Waals surface area contributed by atoms with Gasteiger partial charge in [-0.25, -0.2) is 0 Å². The van der Waals surface area contributed by atoms with Gasteiger partial charge in [-0.2, -0.15) is 5.10 Å². The number of carbonyl (C=O) groups excluding carboxylic acids is 3. The van der Waals surface area contributed by atoms with Crippen LogP contribution in [0.2, 0.25) is 0 Å². The Hall–Kier alpha value is -3.36. The molecular weight excluding hydrogens is 388 g/mol. The summed E-state index contributed by atoms with van der Waals surface area (Å²) in [7, 11) is 1.77. The molecule has 1 aromatic carbocycles. The molecule has 162 valence electrons. The van der Waals surface area contributed by atoms with Crippen molar-refractivity contribution < 1.29 is 23.9 Å². The molecule has 0 aliphatic carbocycles. The predicted molar refractivity (Wildman–Crippen MR) is 111 cm³/mol. The number of carbonyl (C=O) groups is 3. The minimum Gasteiger partial charge on any atom is -0.494 e. The van der Waals surface area contributed by atoms with Crippen molar-refractivity contribution in [3.8, 4) is 5.75 Å². The summed E-state index contributed by atoms with van der Waals surface area (Å²) in [4.78, 5) is 35.9. The number of anilines is 1. The number of unbranched alkanes of at least 4 members (excludes halogenated alkanes) is 1. The van der Waals surface area contributed by atoms with Crippen LogP contribution in [0, 0.1) is 13.8 Å². The van der Waals surface area contributed by atoms with Crippen molar-refractivity contribution in [3.05, 3.63) is 41.2 Å². The second-order valence-corrected chi connectivity index (χ2v) is 6.79. The standard InChI is InChI=1S/C21H28N4O5/c1-5-6-11-29-17-9-7-16(8-10-17)21(28)22-12-19(27)30-13-18(26)23-20-14(2)24-25(4)15(20)3/h7-10H,5-6,11-13H2,1-4H3,(H,22,28)(H,23,26). The van der Waals surface area contributed by atoms with Gasteiger partial charge in [0, 0.05) is 12.6 Å². The van der Waals surface area contributed by atoms with E-state index in [1.807, 2.05) is 6.92 Å². The number of ether oxygens (including phenoxy) is 2. The molecule has 9 heteroatoms. The number of aromatic nitrogens is 2. The van der Waals surface area contributed by atoms with Crippen molar-refractivity contribution in [2.24, 2.45) is 7.05 Å². The number of rotatable bonds is 10. The maximum atomic E-state index is 12.1. The molecule has 2 N–H and O–H groups in total. The Morgan fingerprint density at radius 3 is 2.43 bits per heavy atom. The quantitative estimate of drug-likeness (QED) is 0.453. The highest BCUT2D eigenvalue weighted by Crippen LogP contribution is 2.18. The van der Waals surface area contributed by atoms with Gasteiger partial charge in [0.05, 0.1) is 23.7 Å². The van der Waals surface area contributed by atoms with Gasteiger partial charge in [0.15, 0.2) is 6.61 Å². The highest BCUT2D eigenvalue weighted by molar-refractivity contribution is 5.97. The van der Waals surface area contributed by atoms with Crippen molar-refractivity contribution in [2.75, 3.05) is 25.1 Å². The molecule has 2 rings (SSSR count). The third-order valence-electron chi connectivity index (χ3n) is 4.41. The summed E-state index contributed by atoms with van der Waals surface area (Å²) in [6, 6.07) is 6.65. The molecule has 0 saturated carbocycles. The van der Waals surface area contributed by atoms with Crippen LogP contribution in [0.25, 0.3) is 0 Å². The normalized spacial score (nSPS) is 10.4. The minimum absolute atomic E-state index is 0.341. The first-order valence-corrected chi connectivity index (χ1v) is 9.78. The van der Waals surface area contributed by atoms with Gasteiger partial charge >= 0.3 is 5.97 Å². The molecule has 0 atom stereocenters. The van der Waals surface area contributed by atoms with E-state index < -0.39 is 24.4 Å². The second-order valence-electron chi connectivity index (χ2n) is 6.79. The van der Waals surface area contributed by atoms with E-state index >= 15 is 0 Å². The fourth-order valence-electron chi connectivity index (χ4n) is 2.62. The minimum atomic E-state index is -0.711. The number of amides is 2. The second kappa shape index (κ2) is 11.0. The monoisotopic (exact) mass is 416 g/mol. The van der Waals surface area contributed by atoms with Crippen LogP contribution in [0.15, 0.2) is 24.3 Å². The summed E-state index contributed by atoms with van der Waals surface area (Å²) in [6.07, 6.45) is 2.00. The summed E-state index contributed by atoms with van der Waals surface area (Å²) >= 11 is 0. The highest BCUT2D eigenvalue weighted by atomic mass is 16.5. The molecule has 0 fully saturated rings. The van der Waals surface area contributed by atoms with E-state index in [1.54, 1.807) is 42.9 Å². The van der Waals surface area contributed by atoms with E-state index in [2.05, 4.69) is 22.7 Å². The van der Waals surface area contributed by atoms with Crippen LogP contribution in [0.3, 0.4) is 0 Å². The molecule has 2 amide bonds. The topological polar surface area (TPSA) is 112 Å². The molecule has 1 heterocycles. The number of hydrogen-bond donors (Lipinski definition) is 2. The maximum Gasteiger partial charge on any atom is 0.325 e. The fourth-order valence-corrected chi connectivity index (χ4v) is 2.62. The lowest BCUT2D eigenvalue weighted by molar-refractivity contribution is -0.146. The van der Waals surface area contributed by atoms with Crippen LogP contribution in [-0.2, 0) is 21.4 Å². The van der Waals surface area contributed by atoms with Crippen molar-refractivity contribution in [2.45, 2.75) is 33.6 Å². The van der Waals surface area contributed by atoms with Crippen molar-refractivity contribution in [3.63, 3.8) is 0 Å². The Morgan fingerprint density at radius 1 is 1.13 bits per heavy atom. The Morgan fingerprint density at radius 2 is 1.83 bits per heavy atom. The smallest absolute Gasteiger partial charge is 0.325 e. The van der Waals surface area contributed by atoms with Gasteiger partial charge in [-0.3, -0.25) is 19.1 Å². The molecule has 0 spiro atoms. The lowest BCUT2D eigenvalue weighted by Crippen LogP contribution is -2.32. The molecule has 9 nitrogen and oxygen atoms in total. The van der Waals surface area contributed by atoms with Gasteiger partial charge in [0.2, 0.25) is 0 Å². The van der Waals surface area contributed by atoms with Crippen LogP contribution in [0.5, 0.6) is 5.75 Å². The number of hydrogen-bond acceptors (Lipinski definition) is 6. The van der Waals surface area contributed by atoms with Crippen molar-refractivity contribution in [1.82, 2.24) is 15.1 Å². The molecule has 0 aliphatic rings. The fraction of sp³-hybridized carbons (Fsp3) is 0.429. The van der Waals surface area contributed by atoms with Crippen LogP contribution in [0.1, 0.15) is 41.5 Å². The molecular formula is C21H28N4O5. The number of benzene rings is 1. The first-order chi connectivity index (χ1) is 14.3. The molecule has 2 aromatic rings. The number of esters is 1. The molecule has 1 aromatic heterocycles. The Balaban J connectivity index is 1.73. The average molecular weight is 416 g/mol. The van der Waals surface area contributed by atoms with Gasteiger partial charge in [-0.05, 0) is 44.5 Å². The van der Waals surface area contributed by atoms with Gasteiger partial charge in [0.1, 0.15) is 12.3 Å². The Bertz CT molecular complexity index is 890. The molecule has 30 heavy (non-hydrogen) atoms. The van der Waals surface area contributed by atoms with Crippen LogP contribution < -0.4 is 15.4 Å². The van der Waals surface area contributed by atoms with E-state index in [4.69, 9.17) is 9.47 Å². The van der Waals surface area contributed by atoms with Crippen molar-refractivity contribution >= 4 is 23.5 Å².